The molecule has 0 amide bonds. The number of hydrogen-bond acceptors (Lipinski definition) is 7. The Morgan fingerprint density at radius 3 is 0.924 bits per heavy atom. The lowest BCUT2D eigenvalue weighted by molar-refractivity contribution is 0.253. The summed E-state index contributed by atoms with van der Waals surface area (Å²) in [5.41, 5.74) is 13.6. The highest BCUT2D eigenvalue weighted by atomic mass is 16.5. The van der Waals surface area contributed by atoms with Crippen molar-refractivity contribution in [3.05, 3.63) is 237 Å². The lowest BCUT2D eigenvalue weighted by atomic mass is 10.0. The molecule has 7 heteroatoms. The molecule has 0 heterocycles. The van der Waals surface area contributed by atoms with E-state index in [0.29, 0.717) is 60.9 Å². The van der Waals surface area contributed by atoms with Crippen LogP contribution >= 0.6 is 0 Å². The molecule has 8 rings (SSSR count). The van der Waals surface area contributed by atoms with Crippen LogP contribution in [0.15, 0.2) is 176 Å². The van der Waals surface area contributed by atoms with E-state index in [0.717, 1.165) is 50.1 Å². The van der Waals surface area contributed by atoms with Crippen LogP contribution in [0.2, 0.25) is 0 Å². The molecule has 0 aliphatic rings. The van der Waals surface area contributed by atoms with Crippen molar-refractivity contribution < 1.29 is 33.5 Å². The maximum Gasteiger partial charge on any atom is 0.162 e. The maximum absolute atomic E-state index is 9.73. The minimum Gasteiger partial charge on any atom is -0.489 e. The Labute approximate surface area is 388 Å². The molecule has 8 aromatic carbocycles. The fraction of sp³-hybridized carbons (Fsp3) is 0.186. The van der Waals surface area contributed by atoms with Crippen molar-refractivity contribution in [3.63, 3.8) is 0 Å². The van der Waals surface area contributed by atoms with Crippen LogP contribution < -0.4 is 28.4 Å². The van der Waals surface area contributed by atoms with Crippen molar-refractivity contribution in [3.8, 4) is 45.6 Å². The molecule has 7 nitrogen and oxygen atoms in total. The van der Waals surface area contributed by atoms with Gasteiger partial charge in [0, 0.05) is 6.07 Å². The number of aliphatic hydroxyl groups excluding tert-OH is 1. The zero-order valence-corrected chi connectivity index (χ0v) is 38.1. The fourth-order valence-electron chi connectivity index (χ4n) is 7.17. The van der Waals surface area contributed by atoms with Gasteiger partial charge in [0.15, 0.2) is 23.0 Å². The first-order valence-corrected chi connectivity index (χ1v) is 22.3. The van der Waals surface area contributed by atoms with E-state index in [1.807, 2.05) is 78.9 Å². The minimum absolute atomic E-state index is 0.0310. The summed E-state index contributed by atoms with van der Waals surface area (Å²) in [6.07, 6.45) is 0. The monoisotopic (exact) mass is 876 g/mol. The van der Waals surface area contributed by atoms with E-state index >= 15 is 0 Å². The number of aryl methyl sites for hydroxylation is 4. The average molecular weight is 877 g/mol. The number of ether oxygens (including phenoxy) is 6. The molecule has 1 N–H and O–H groups in total. The topological polar surface area (TPSA) is 75.6 Å². The second kappa shape index (κ2) is 21.9. The third-order valence-corrected chi connectivity index (χ3v) is 11.2. The molecule has 0 fully saturated rings. The van der Waals surface area contributed by atoms with Gasteiger partial charge in [0.25, 0.3) is 0 Å². The van der Waals surface area contributed by atoms with E-state index in [1.165, 1.54) is 22.3 Å². The molecule has 0 unspecified atom stereocenters. The van der Waals surface area contributed by atoms with Crippen LogP contribution in [0.4, 0.5) is 0 Å². The number of rotatable bonds is 20. The second-order valence-corrected chi connectivity index (χ2v) is 16.8. The number of aliphatic hydroxyl groups is 1. The lowest BCUT2D eigenvalue weighted by Crippen LogP contribution is -2.03. The average Bonchev–Trinajstić information content (AvgIpc) is 3.35. The van der Waals surface area contributed by atoms with Crippen LogP contribution in [0.5, 0.6) is 34.5 Å². The van der Waals surface area contributed by atoms with Gasteiger partial charge >= 0.3 is 0 Å². The SMILES string of the molecule is Cc1ccc(COc2ccc(COc3cc(OCc4ccc(OCc5ccc(C)cc5)c(OCc5ccc(C)cc5)c4)cc(-c4ccc(CO)cc4)c3)cc2OCc2ccc(C)cc2)cc1. The summed E-state index contributed by atoms with van der Waals surface area (Å²) in [7, 11) is 0. The molecule has 0 aliphatic heterocycles. The van der Waals surface area contributed by atoms with Gasteiger partial charge in [0.05, 0.1) is 6.61 Å². The first-order valence-electron chi connectivity index (χ1n) is 22.3. The highest BCUT2D eigenvalue weighted by Crippen LogP contribution is 2.35. The summed E-state index contributed by atoms with van der Waals surface area (Å²) in [5.74, 6) is 3.86. The zero-order chi connectivity index (χ0) is 45.7. The Kier molecular flexibility index (Phi) is 15.0. The summed E-state index contributed by atoms with van der Waals surface area (Å²) < 4.78 is 38.5. The highest BCUT2D eigenvalue weighted by Gasteiger charge is 2.14. The van der Waals surface area contributed by atoms with E-state index in [4.69, 9.17) is 28.4 Å². The molecule has 66 heavy (non-hydrogen) atoms. The van der Waals surface area contributed by atoms with Crippen molar-refractivity contribution in [2.45, 2.75) is 73.9 Å². The van der Waals surface area contributed by atoms with Crippen LogP contribution in [-0.2, 0) is 46.2 Å². The Balaban J connectivity index is 1.01. The van der Waals surface area contributed by atoms with Gasteiger partial charge in [-0.25, -0.2) is 0 Å². The molecule has 334 valence electrons. The Morgan fingerprint density at radius 1 is 0.273 bits per heavy atom. The van der Waals surface area contributed by atoms with Crippen LogP contribution in [0.3, 0.4) is 0 Å². The van der Waals surface area contributed by atoms with E-state index in [-0.39, 0.29) is 19.8 Å². The normalized spacial score (nSPS) is 10.9. The molecule has 0 radical (unpaired) electrons. The molecule has 0 spiro atoms. The molecule has 0 saturated heterocycles. The van der Waals surface area contributed by atoms with Crippen LogP contribution in [0.25, 0.3) is 11.1 Å². The second-order valence-electron chi connectivity index (χ2n) is 16.8. The third kappa shape index (κ3) is 12.8. The van der Waals surface area contributed by atoms with Crippen LogP contribution in [0, 0.1) is 27.7 Å². The summed E-state index contributed by atoms with van der Waals surface area (Å²) >= 11 is 0. The van der Waals surface area contributed by atoms with Gasteiger partial charge in [0.2, 0.25) is 0 Å². The predicted octanol–water partition coefficient (Wildman–Crippen LogP) is 13.6. The summed E-state index contributed by atoms with van der Waals surface area (Å²) in [6.45, 7) is 10.4. The van der Waals surface area contributed by atoms with Crippen molar-refractivity contribution in [1.29, 1.82) is 0 Å². The van der Waals surface area contributed by atoms with Crippen molar-refractivity contribution >= 4 is 0 Å². The van der Waals surface area contributed by atoms with Crippen molar-refractivity contribution in [2.75, 3.05) is 0 Å². The first-order chi connectivity index (χ1) is 32.2. The van der Waals surface area contributed by atoms with E-state index in [9.17, 15) is 5.11 Å². The van der Waals surface area contributed by atoms with E-state index < -0.39 is 0 Å². The molecule has 0 aromatic heterocycles. The summed E-state index contributed by atoms with van der Waals surface area (Å²) in [5, 5.41) is 9.73. The fourth-order valence-corrected chi connectivity index (χ4v) is 7.17. The number of hydrogen-bond donors (Lipinski definition) is 1. The standard InChI is InChI=1S/C59H56O7/c1-41-5-13-46(14-6-41)35-63-56-27-23-50(29-58(56)65-37-48-17-9-43(3)10-18-48)39-61-54-31-53(52-25-21-45(34-60)22-26-52)32-55(33-54)62-40-51-24-28-57(64-36-47-15-7-42(2)8-16-47)59(30-51)66-38-49-19-11-44(4)12-20-49/h5-33,60H,34-40H2,1-4H3. The van der Waals surface area contributed by atoms with Gasteiger partial charge < -0.3 is 33.5 Å². The van der Waals surface area contributed by atoms with Gasteiger partial charge in [-0.15, -0.1) is 0 Å². The predicted molar refractivity (Wildman–Crippen MR) is 261 cm³/mol. The van der Waals surface area contributed by atoms with Gasteiger partial charge in [0.1, 0.15) is 51.1 Å². The molecular formula is C59H56O7. The largest absolute Gasteiger partial charge is 0.489 e. The van der Waals surface area contributed by atoms with E-state index in [1.54, 1.807) is 0 Å². The first kappa shape index (κ1) is 45.1. The van der Waals surface area contributed by atoms with Crippen LogP contribution in [0.1, 0.15) is 61.2 Å². The van der Waals surface area contributed by atoms with Crippen molar-refractivity contribution in [2.24, 2.45) is 0 Å². The highest BCUT2D eigenvalue weighted by molar-refractivity contribution is 5.67. The number of benzene rings is 8. The van der Waals surface area contributed by atoms with Gasteiger partial charge in [-0.05, 0) is 114 Å². The Bertz CT molecular complexity index is 2630. The molecule has 0 saturated carbocycles. The zero-order valence-electron chi connectivity index (χ0n) is 38.1. The Hall–Kier alpha value is -7.48. The maximum atomic E-state index is 9.73. The Morgan fingerprint density at radius 2 is 0.576 bits per heavy atom. The van der Waals surface area contributed by atoms with E-state index in [2.05, 4.69) is 125 Å². The van der Waals surface area contributed by atoms with Crippen molar-refractivity contribution in [1.82, 2.24) is 0 Å². The molecule has 8 aromatic rings. The smallest absolute Gasteiger partial charge is 0.162 e. The quantitative estimate of drug-likeness (QED) is 0.0817. The minimum atomic E-state index is -0.0310. The summed E-state index contributed by atoms with van der Waals surface area (Å²) in [4.78, 5) is 0. The molecule has 0 atom stereocenters. The van der Waals surface area contributed by atoms with Gasteiger partial charge in [-0.3, -0.25) is 0 Å². The van der Waals surface area contributed by atoms with Gasteiger partial charge in [-0.1, -0.05) is 156 Å². The molecular weight excluding hydrogens is 821 g/mol. The summed E-state index contributed by atoms with van der Waals surface area (Å²) in [6, 6.07) is 59.0. The third-order valence-electron chi connectivity index (χ3n) is 11.2. The van der Waals surface area contributed by atoms with Crippen LogP contribution in [-0.4, -0.2) is 5.11 Å². The van der Waals surface area contributed by atoms with Gasteiger partial charge in [-0.2, -0.15) is 0 Å². The molecule has 0 aliphatic carbocycles. The lowest BCUT2D eigenvalue weighted by Gasteiger charge is -2.17. The molecule has 0 bridgehead atoms.